The molecule has 0 saturated heterocycles. The molecule has 0 aromatic heterocycles. The lowest BCUT2D eigenvalue weighted by Gasteiger charge is -2.09. The monoisotopic (exact) mass is 317 g/mol. The van der Waals surface area contributed by atoms with Gasteiger partial charge in [-0.2, -0.15) is 0 Å². The third-order valence-corrected chi connectivity index (χ3v) is 3.24. The highest BCUT2D eigenvalue weighted by Gasteiger charge is 2.12. The van der Waals surface area contributed by atoms with Gasteiger partial charge in [0.05, 0.1) is 13.5 Å². The number of aromatic carboxylic acids is 1. The molecule has 0 radical (unpaired) electrons. The summed E-state index contributed by atoms with van der Waals surface area (Å²) in [6.45, 7) is 0.179. The normalized spacial score (nSPS) is 10.2. The third kappa shape index (κ3) is 4.54. The van der Waals surface area contributed by atoms with E-state index >= 15 is 0 Å². The molecule has 6 heteroatoms. The molecule has 23 heavy (non-hydrogen) atoms. The predicted octanol–water partition coefficient (Wildman–Crippen LogP) is 2.39. The van der Waals surface area contributed by atoms with Gasteiger partial charge >= 0.3 is 5.97 Å². The maximum atomic E-state index is 13.1. The Balaban J connectivity index is 1.99. The van der Waals surface area contributed by atoms with Gasteiger partial charge < -0.3 is 15.2 Å². The van der Waals surface area contributed by atoms with Crippen LogP contribution in [0.3, 0.4) is 0 Å². The summed E-state index contributed by atoms with van der Waals surface area (Å²) in [5.41, 5.74) is 1.24. The number of hydrogen-bond acceptors (Lipinski definition) is 3. The van der Waals surface area contributed by atoms with Crippen molar-refractivity contribution in [1.82, 2.24) is 5.32 Å². The fourth-order valence-corrected chi connectivity index (χ4v) is 2.13. The second kappa shape index (κ2) is 7.40. The van der Waals surface area contributed by atoms with E-state index in [0.29, 0.717) is 11.1 Å². The molecule has 2 rings (SSSR count). The number of carbonyl (C=O) groups is 2. The number of ether oxygens (including phenoxy) is 1. The summed E-state index contributed by atoms with van der Waals surface area (Å²) in [4.78, 5) is 23.0. The summed E-state index contributed by atoms with van der Waals surface area (Å²) in [6, 6.07) is 10.5. The summed E-state index contributed by atoms with van der Waals surface area (Å²) in [5.74, 6) is -1.51. The van der Waals surface area contributed by atoms with Gasteiger partial charge in [-0.25, -0.2) is 9.18 Å². The molecule has 0 heterocycles. The first-order chi connectivity index (χ1) is 11.0. The van der Waals surface area contributed by atoms with E-state index in [4.69, 9.17) is 9.84 Å². The van der Waals surface area contributed by atoms with Gasteiger partial charge in [0.25, 0.3) is 0 Å². The van der Waals surface area contributed by atoms with Crippen LogP contribution in [0.2, 0.25) is 0 Å². The van der Waals surface area contributed by atoms with Gasteiger partial charge in [-0.3, -0.25) is 4.79 Å². The van der Waals surface area contributed by atoms with Crippen molar-refractivity contribution < 1.29 is 23.8 Å². The molecule has 0 aliphatic carbocycles. The SMILES string of the molecule is COc1ccc(CNC(=O)Cc2cccc(F)c2)cc1C(=O)O. The molecule has 1 amide bonds. The Morgan fingerprint density at radius 1 is 1.17 bits per heavy atom. The van der Waals surface area contributed by atoms with Crippen LogP contribution >= 0.6 is 0 Å². The fraction of sp³-hybridized carbons (Fsp3) is 0.176. The molecular formula is C17H16FNO4. The summed E-state index contributed by atoms with van der Waals surface area (Å²) in [7, 11) is 1.39. The van der Waals surface area contributed by atoms with Crippen molar-refractivity contribution in [1.29, 1.82) is 0 Å². The van der Waals surface area contributed by atoms with Crippen molar-refractivity contribution in [3.8, 4) is 5.75 Å². The highest BCUT2D eigenvalue weighted by atomic mass is 19.1. The minimum absolute atomic E-state index is 0.0318. The first kappa shape index (κ1) is 16.5. The van der Waals surface area contributed by atoms with Crippen molar-refractivity contribution >= 4 is 11.9 Å². The minimum Gasteiger partial charge on any atom is -0.496 e. The van der Waals surface area contributed by atoms with Crippen molar-refractivity contribution in [3.63, 3.8) is 0 Å². The van der Waals surface area contributed by atoms with Gasteiger partial charge in [0.2, 0.25) is 5.91 Å². The number of carboxylic acids is 1. The highest BCUT2D eigenvalue weighted by Crippen LogP contribution is 2.19. The molecule has 2 aromatic carbocycles. The lowest BCUT2D eigenvalue weighted by molar-refractivity contribution is -0.120. The van der Waals surface area contributed by atoms with Crippen molar-refractivity contribution in [2.45, 2.75) is 13.0 Å². The van der Waals surface area contributed by atoms with Gasteiger partial charge in [0.1, 0.15) is 17.1 Å². The standard InChI is InChI=1S/C17H16FNO4/c1-23-15-6-5-12(8-14(15)17(21)22)10-19-16(20)9-11-3-2-4-13(18)7-11/h2-8H,9-10H2,1H3,(H,19,20)(H,21,22). The first-order valence-corrected chi connectivity index (χ1v) is 6.91. The minimum atomic E-state index is -1.10. The molecule has 0 bridgehead atoms. The van der Waals surface area contributed by atoms with Gasteiger partial charge in [-0.05, 0) is 35.4 Å². The summed E-state index contributed by atoms with van der Waals surface area (Å²) in [6.07, 6.45) is 0.0553. The van der Waals surface area contributed by atoms with Crippen molar-refractivity contribution in [3.05, 3.63) is 65.0 Å². The first-order valence-electron chi connectivity index (χ1n) is 6.91. The van der Waals surface area contributed by atoms with Crippen molar-refractivity contribution in [2.75, 3.05) is 7.11 Å². The molecule has 5 nitrogen and oxygen atoms in total. The molecule has 0 aliphatic rings. The van der Waals surface area contributed by atoms with E-state index in [1.54, 1.807) is 18.2 Å². The zero-order valence-corrected chi connectivity index (χ0v) is 12.5. The molecule has 0 atom stereocenters. The molecule has 0 aliphatic heterocycles. The highest BCUT2D eigenvalue weighted by molar-refractivity contribution is 5.91. The Hall–Kier alpha value is -2.89. The maximum Gasteiger partial charge on any atom is 0.339 e. The molecule has 120 valence electrons. The van der Waals surface area contributed by atoms with E-state index in [1.165, 1.54) is 31.4 Å². The Morgan fingerprint density at radius 2 is 1.96 bits per heavy atom. The number of methoxy groups -OCH3 is 1. The zero-order chi connectivity index (χ0) is 16.8. The van der Waals surface area contributed by atoms with E-state index in [1.807, 2.05) is 0 Å². The predicted molar refractivity (Wildman–Crippen MR) is 81.9 cm³/mol. The van der Waals surface area contributed by atoms with Gasteiger partial charge in [0, 0.05) is 6.54 Å². The molecule has 0 unspecified atom stereocenters. The smallest absolute Gasteiger partial charge is 0.339 e. The molecule has 2 aromatic rings. The largest absolute Gasteiger partial charge is 0.496 e. The van der Waals surface area contributed by atoms with Crippen molar-refractivity contribution in [2.24, 2.45) is 0 Å². The van der Waals surface area contributed by atoms with Crippen LogP contribution in [0.25, 0.3) is 0 Å². The lowest BCUT2D eigenvalue weighted by Crippen LogP contribution is -2.24. The Labute approximate surface area is 132 Å². The van der Waals surface area contributed by atoms with Crippen LogP contribution in [-0.2, 0) is 17.8 Å². The van der Waals surface area contributed by atoms with Crippen LogP contribution in [-0.4, -0.2) is 24.1 Å². The van der Waals surface area contributed by atoms with Gasteiger partial charge in [-0.1, -0.05) is 18.2 Å². The van der Waals surface area contributed by atoms with E-state index in [2.05, 4.69) is 5.32 Å². The Bertz CT molecular complexity index is 730. The second-order valence-corrected chi connectivity index (χ2v) is 4.92. The Kier molecular flexibility index (Phi) is 5.30. The average molecular weight is 317 g/mol. The number of rotatable bonds is 6. The molecule has 2 N–H and O–H groups in total. The number of amides is 1. The lowest BCUT2D eigenvalue weighted by atomic mass is 10.1. The summed E-state index contributed by atoms with van der Waals surface area (Å²) < 4.78 is 18.0. The molecule has 0 spiro atoms. The van der Waals surface area contributed by atoms with Gasteiger partial charge in [0.15, 0.2) is 0 Å². The molecular weight excluding hydrogens is 301 g/mol. The number of nitrogens with one attached hydrogen (secondary N) is 1. The maximum absolute atomic E-state index is 13.1. The van der Waals surface area contributed by atoms with Crippen LogP contribution in [0.15, 0.2) is 42.5 Å². The average Bonchev–Trinajstić information content (AvgIpc) is 2.52. The third-order valence-electron chi connectivity index (χ3n) is 3.24. The van der Waals surface area contributed by atoms with Crippen LogP contribution in [0.4, 0.5) is 4.39 Å². The summed E-state index contributed by atoms with van der Waals surface area (Å²) >= 11 is 0. The van der Waals surface area contributed by atoms with Crippen LogP contribution in [0.1, 0.15) is 21.5 Å². The quantitative estimate of drug-likeness (QED) is 0.858. The van der Waals surface area contributed by atoms with E-state index in [0.717, 1.165) is 0 Å². The van der Waals surface area contributed by atoms with E-state index in [9.17, 15) is 14.0 Å². The van der Waals surface area contributed by atoms with Crippen LogP contribution in [0.5, 0.6) is 5.75 Å². The van der Waals surface area contributed by atoms with E-state index < -0.39 is 11.8 Å². The van der Waals surface area contributed by atoms with Crippen LogP contribution < -0.4 is 10.1 Å². The number of carboxylic acid groups (broad SMARTS) is 1. The van der Waals surface area contributed by atoms with Gasteiger partial charge in [-0.15, -0.1) is 0 Å². The summed E-state index contributed by atoms with van der Waals surface area (Å²) in [5, 5.41) is 11.8. The Morgan fingerprint density at radius 3 is 2.61 bits per heavy atom. The number of hydrogen-bond donors (Lipinski definition) is 2. The second-order valence-electron chi connectivity index (χ2n) is 4.92. The van der Waals surface area contributed by atoms with Crippen LogP contribution in [0, 0.1) is 5.82 Å². The zero-order valence-electron chi connectivity index (χ0n) is 12.5. The molecule has 0 saturated carbocycles. The number of halogens is 1. The van der Waals surface area contributed by atoms with E-state index in [-0.39, 0.29) is 30.2 Å². The number of benzene rings is 2. The fourth-order valence-electron chi connectivity index (χ4n) is 2.13. The molecule has 0 fully saturated rings. The topological polar surface area (TPSA) is 75.6 Å². The number of carbonyl (C=O) groups excluding carboxylic acids is 1.